The van der Waals surface area contributed by atoms with Crippen LogP contribution in [0.25, 0.3) is 21.7 Å². The van der Waals surface area contributed by atoms with Crippen LogP contribution in [0.4, 0.5) is 15.9 Å². The van der Waals surface area contributed by atoms with Crippen molar-refractivity contribution in [3.8, 4) is 0 Å². The molecule has 0 unspecified atom stereocenters. The molecule has 2 heterocycles. The predicted octanol–water partition coefficient (Wildman–Crippen LogP) is 3.90. The highest BCUT2D eigenvalue weighted by molar-refractivity contribution is 6.30. The van der Waals surface area contributed by atoms with Crippen molar-refractivity contribution in [3.63, 3.8) is 0 Å². The first kappa shape index (κ1) is 17.0. The second-order valence-corrected chi connectivity index (χ2v) is 6.29. The van der Waals surface area contributed by atoms with E-state index in [1.165, 1.54) is 12.1 Å². The van der Waals surface area contributed by atoms with Crippen molar-refractivity contribution in [2.75, 3.05) is 5.32 Å². The van der Waals surface area contributed by atoms with Crippen molar-refractivity contribution in [1.29, 1.82) is 0 Å². The van der Waals surface area contributed by atoms with Gasteiger partial charge >= 0.3 is 0 Å². The maximum Gasteiger partial charge on any atom is 0.150 e. The second kappa shape index (κ2) is 6.69. The number of nitrogens with zero attached hydrogens (tertiary/aromatic N) is 3. The predicted molar refractivity (Wildman–Crippen MR) is 107 cm³/mol. The van der Waals surface area contributed by atoms with Gasteiger partial charge in [-0.2, -0.15) is 5.10 Å². The summed E-state index contributed by atoms with van der Waals surface area (Å²) in [5.74, 6) is 5.52. The standard InChI is InChI=1S/C19H14ClFN6/c20-15-4-2-11(8-16(15)21)25-19-13-5-6-24-9-14(13)12-3-1-10(18(22)27-23)7-17(12)26-19/h1-9H,23H2,(H2,22,27)(H,25,26). The Labute approximate surface area is 158 Å². The minimum absolute atomic E-state index is 0.0577. The van der Waals surface area contributed by atoms with Crippen LogP contribution in [0.1, 0.15) is 5.56 Å². The number of nitrogens with one attached hydrogen (secondary N) is 1. The molecule has 0 aliphatic rings. The average Bonchev–Trinajstić information content (AvgIpc) is 2.70. The Morgan fingerprint density at radius 2 is 1.93 bits per heavy atom. The van der Waals surface area contributed by atoms with Crippen LogP contribution in [-0.4, -0.2) is 15.8 Å². The first-order valence-electron chi connectivity index (χ1n) is 8.00. The van der Waals surface area contributed by atoms with Crippen LogP contribution >= 0.6 is 11.6 Å². The monoisotopic (exact) mass is 380 g/mol. The number of hydrogen-bond acceptors (Lipinski definition) is 5. The molecule has 0 amide bonds. The summed E-state index contributed by atoms with van der Waals surface area (Å²) in [6, 6.07) is 11.8. The topological polar surface area (TPSA) is 102 Å². The van der Waals surface area contributed by atoms with Gasteiger partial charge in [0, 0.05) is 39.8 Å². The Bertz CT molecular complexity index is 1210. The highest BCUT2D eigenvalue weighted by Gasteiger charge is 2.11. The van der Waals surface area contributed by atoms with Gasteiger partial charge in [0.2, 0.25) is 0 Å². The van der Waals surface area contributed by atoms with Gasteiger partial charge in [0.05, 0.1) is 10.5 Å². The van der Waals surface area contributed by atoms with Gasteiger partial charge in [-0.25, -0.2) is 9.37 Å². The molecule has 27 heavy (non-hydrogen) atoms. The van der Waals surface area contributed by atoms with E-state index in [0.29, 0.717) is 22.6 Å². The zero-order chi connectivity index (χ0) is 19.0. The lowest BCUT2D eigenvalue weighted by Gasteiger charge is -2.12. The molecule has 0 fully saturated rings. The molecule has 0 spiro atoms. The molecule has 0 aliphatic heterocycles. The SMILES string of the molecule is N/N=C(\N)c1ccc2c(c1)nc(Nc1ccc(Cl)c(F)c1)c1ccncc12. The summed E-state index contributed by atoms with van der Waals surface area (Å²) in [6.45, 7) is 0. The Morgan fingerprint density at radius 3 is 2.70 bits per heavy atom. The highest BCUT2D eigenvalue weighted by atomic mass is 35.5. The number of anilines is 2. The van der Waals surface area contributed by atoms with E-state index in [1.807, 2.05) is 18.2 Å². The van der Waals surface area contributed by atoms with E-state index in [-0.39, 0.29) is 10.9 Å². The summed E-state index contributed by atoms with van der Waals surface area (Å²) in [5, 5.41) is 9.37. The average molecular weight is 381 g/mol. The van der Waals surface area contributed by atoms with Crippen molar-refractivity contribution in [1.82, 2.24) is 9.97 Å². The lowest BCUT2D eigenvalue weighted by Crippen LogP contribution is -2.15. The number of amidine groups is 1. The second-order valence-electron chi connectivity index (χ2n) is 5.88. The molecule has 0 saturated carbocycles. The van der Waals surface area contributed by atoms with Crippen LogP contribution < -0.4 is 16.9 Å². The summed E-state index contributed by atoms with van der Waals surface area (Å²) in [6.07, 6.45) is 3.43. The van der Waals surface area contributed by atoms with E-state index in [1.54, 1.807) is 24.5 Å². The van der Waals surface area contributed by atoms with E-state index in [0.717, 1.165) is 16.2 Å². The van der Waals surface area contributed by atoms with Gasteiger partial charge in [0.1, 0.15) is 17.5 Å². The Hall–Kier alpha value is -3.45. The molecule has 5 N–H and O–H groups in total. The summed E-state index contributed by atoms with van der Waals surface area (Å²) in [4.78, 5) is 8.89. The van der Waals surface area contributed by atoms with E-state index >= 15 is 0 Å². The fourth-order valence-electron chi connectivity index (χ4n) is 2.89. The molecular formula is C19H14ClFN6. The number of aromatic nitrogens is 2. The highest BCUT2D eigenvalue weighted by Crippen LogP contribution is 2.31. The molecule has 2 aromatic carbocycles. The zero-order valence-electron chi connectivity index (χ0n) is 13.9. The van der Waals surface area contributed by atoms with Crippen LogP contribution in [0, 0.1) is 5.82 Å². The molecule has 6 nitrogen and oxygen atoms in total. The molecule has 134 valence electrons. The smallest absolute Gasteiger partial charge is 0.150 e. The Balaban J connectivity index is 1.92. The van der Waals surface area contributed by atoms with Crippen LogP contribution in [0.3, 0.4) is 0 Å². The maximum absolute atomic E-state index is 13.8. The third-order valence-electron chi connectivity index (χ3n) is 4.21. The molecule has 4 rings (SSSR count). The number of fused-ring (bicyclic) bond motifs is 3. The minimum atomic E-state index is -0.511. The van der Waals surface area contributed by atoms with Gasteiger partial charge in [-0.05, 0) is 30.3 Å². The third kappa shape index (κ3) is 3.09. The van der Waals surface area contributed by atoms with Crippen molar-refractivity contribution in [3.05, 3.63) is 71.3 Å². The van der Waals surface area contributed by atoms with Crippen LogP contribution in [0.15, 0.2) is 60.0 Å². The Morgan fingerprint density at radius 1 is 1.07 bits per heavy atom. The lowest BCUT2D eigenvalue weighted by atomic mass is 10.1. The zero-order valence-corrected chi connectivity index (χ0v) is 14.7. The first-order valence-corrected chi connectivity index (χ1v) is 8.38. The van der Waals surface area contributed by atoms with Crippen LogP contribution in [0.2, 0.25) is 5.02 Å². The van der Waals surface area contributed by atoms with E-state index < -0.39 is 5.82 Å². The van der Waals surface area contributed by atoms with Gasteiger partial charge in [-0.15, -0.1) is 0 Å². The van der Waals surface area contributed by atoms with Gasteiger partial charge in [0.25, 0.3) is 0 Å². The van der Waals surface area contributed by atoms with E-state index in [4.69, 9.17) is 23.2 Å². The number of hydrogen-bond donors (Lipinski definition) is 3. The Kier molecular flexibility index (Phi) is 4.21. The van der Waals surface area contributed by atoms with Crippen molar-refractivity contribution in [2.24, 2.45) is 16.7 Å². The number of benzene rings is 2. The van der Waals surface area contributed by atoms with Crippen LogP contribution in [0.5, 0.6) is 0 Å². The molecule has 0 bridgehead atoms. The minimum Gasteiger partial charge on any atom is -0.382 e. The van der Waals surface area contributed by atoms with Crippen molar-refractivity contribution < 1.29 is 4.39 Å². The van der Waals surface area contributed by atoms with Crippen molar-refractivity contribution in [2.45, 2.75) is 0 Å². The largest absolute Gasteiger partial charge is 0.382 e. The normalized spacial score (nSPS) is 11.9. The fourth-order valence-corrected chi connectivity index (χ4v) is 3.01. The number of halogens is 2. The summed E-state index contributed by atoms with van der Waals surface area (Å²) in [5.41, 5.74) is 7.67. The number of nitrogens with two attached hydrogens (primary N) is 2. The van der Waals surface area contributed by atoms with Gasteiger partial charge < -0.3 is 16.9 Å². The van der Waals surface area contributed by atoms with Crippen LogP contribution in [-0.2, 0) is 0 Å². The van der Waals surface area contributed by atoms with Gasteiger partial charge in [-0.1, -0.05) is 23.7 Å². The molecule has 2 aromatic heterocycles. The van der Waals surface area contributed by atoms with E-state index in [9.17, 15) is 4.39 Å². The van der Waals surface area contributed by atoms with E-state index in [2.05, 4.69) is 20.4 Å². The van der Waals surface area contributed by atoms with Crippen molar-refractivity contribution >= 4 is 50.6 Å². The molecule has 4 aromatic rings. The molecule has 0 radical (unpaired) electrons. The fraction of sp³-hybridized carbons (Fsp3) is 0. The quantitative estimate of drug-likeness (QED) is 0.164. The number of pyridine rings is 2. The third-order valence-corrected chi connectivity index (χ3v) is 4.52. The summed E-state index contributed by atoms with van der Waals surface area (Å²) >= 11 is 5.76. The molecule has 0 aliphatic carbocycles. The molecular weight excluding hydrogens is 367 g/mol. The van der Waals surface area contributed by atoms with Gasteiger partial charge in [0.15, 0.2) is 0 Å². The molecule has 0 atom stereocenters. The van der Waals surface area contributed by atoms with Gasteiger partial charge in [-0.3, -0.25) is 4.98 Å². The number of rotatable bonds is 3. The first-order chi connectivity index (χ1) is 13.1. The number of hydrazone groups is 1. The summed E-state index contributed by atoms with van der Waals surface area (Å²) in [7, 11) is 0. The summed E-state index contributed by atoms with van der Waals surface area (Å²) < 4.78 is 13.8. The lowest BCUT2D eigenvalue weighted by molar-refractivity contribution is 0.629. The molecule has 8 heteroatoms. The molecule has 0 saturated heterocycles. The maximum atomic E-state index is 13.8.